The second-order valence-electron chi connectivity index (χ2n) is 4.52. The summed E-state index contributed by atoms with van der Waals surface area (Å²) in [4.78, 5) is -0.820. The molecule has 0 atom stereocenters. The molecule has 0 amide bonds. The third kappa shape index (κ3) is 4.14. The van der Waals surface area contributed by atoms with E-state index in [2.05, 4.69) is 4.74 Å². The van der Waals surface area contributed by atoms with Crippen LogP contribution in [-0.2, 0) is 9.84 Å². The standard InChI is InChI=1S/C16H10F3NO3S/c17-16(18,19)23-15-9-5-4-6-12(15)10-14(11-20)24(21,22)13-7-2-1-3-8-13/h1-10H. The van der Waals surface area contributed by atoms with Crippen LogP contribution in [-0.4, -0.2) is 14.8 Å². The molecule has 0 unspecified atom stereocenters. The van der Waals surface area contributed by atoms with Crippen molar-refractivity contribution in [2.45, 2.75) is 11.3 Å². The van der Waals surface area contributed by atoms with Crippen LogP contribution >= 0.6 is 0 Å². The van der Waals surface area contributed by atoms with E-state index in [0.717, 1.165) is 12.1 Å². The second-order valence-corrected chi connectivity index (χ2v) is 6.44. The van der Waals surface area contributed by atoms with E-state index in [4.69, 9.17) is 5.26 Å². The van der Waals surface area contributed by atoms with Crippen molar-refractivity contribution in [3.63, 3.8) is 0 Å². The van der Waals surface area contributed by atoms with E-state index in [9.17, 15) is 21.6 Å². The van der Waals surface area contributed by atoms with Crippen molar-refractivity contribution >= 4 is 15.9 Å². The van der Waals surface area contributed by atoms with Gasteiger partial charge in [0.1, 0.15) is 16.7 Å². The molecule has 2 aromatic carbocycles. The fourth-order valence-corrected chi connectivity index (χ4v) is 3.03. The van der Waals surface area contributed by atoms with E-state index in [-0.39, 0.29) is 10.5 Å². The molecular formula is C16H10F3NO3S. The first-order chi connectivity index (χ1) is 11.2. The SMILES string of the molecule is N#CC(=Cc1ccccc1OC(F)(F)F)S(=O)(=O)c1ccccc1. The highest BCUT2D eigenvalue weighted by Crippen LogP contribution is 2.29. The molecule has 2 aromatic rings. The number of para-hydroxylation sites is 1. The summed E-state index contributed by atoms with van der Waals surface area (Å²) in [5.41, 5.74) is -0.175. The topological polar surface area (TPSA) is 67.2 Å². The lowest BCUT2D eigenvalue weighted by molar-refractivity contribution is -0.274. The summed E-state index contributed by atoms with van der Waals surface area (Å²) in [6.07, 6.45) is -4.08. The molecule has 0 bridgehead atoms. The predicted octanol–water partition coefficient (Wildman–Crippen LogP) is 3.92. The quantitative estimate of drug-likeness (QED) is 0.781. The lowest BCUT2D eigenvalue weighted by Crippen LogP contribution is -2.17. The number of alkyl halides is 3. The summed E-state index contributed by atoms with van der Waals surface area (Å²) >= 11 is 0. The van der Waals surface area contributed by atoms with Crippen molar-refractivity contribution in [3.8, 4) is 11.8 Å². The molecule has 0 heterocycles. The summed E-state index contributed by atoms with van der Waals surface area (Å²) in [6.45, 7) is 0. The van der Waals surface area contributed by atoms with Crippen molar-refractivity contribution in [2.24, 2.45) is 0 Å². The zero-order valence-corrected chi connectivity index (χ0v) is 12.8. The molecule has 0 fully saturated rings. The number of nitrogens with zero attached hydrogens (tertiary/aromatic N) is 1. The normalized spacial score (nSPS) is 12.5. The summed E-state index contributed by atoms with van der Waals surface area (Å²) in [7, 11) is -4.15. The van der Waals surface area contributed by atoms with Gasteiger partial charge in [0, 0.05) is 5.56 Å². The fraction of sp³-hybridized carbons (Fsp3) is 0.0625. The minimum absolute atomic E-state index is 0.132. The Bertz CT molecular complexity index is 898. The minimum atomic E-state index is -4.94. The van der Waals surface area contributed by atoms with Gasteiger partial charge in [-0.3, -0.25) is 0 Å². The van der Waals surface area contributed by atoms with Crippen LogP contribution in [0.3, 0.4) is 0 Å². The maximum Gasteiger partial charge on any atom is 0.573 e. The van der Waals surface area contributed by atoms with E-state index in [1.54, 1.807) is 6.07 Å². The van der Waals surface area contributed by atoms with Crippen LogP contribution in [0.1, 0.15) is 5.56 Å². The van der Waals surface area contributed by atoms with Gasteiger partial charge in [-0.25, -0.2) is 8.42 Å². The first-order valence-corrected chi connectivity index (χ1v) is 7.99. The van der Waals surface area contributed by atoms with Crippen molar-refractivity contribution in [3.05, 3.63) is 65.1 Å². The number of hydrogen-bond acceptors (Lipinski definition) is 4. The second kappa shape index (κ2) is 6.76. The smallest absolute Gasteiger partial charge is 0.405 e. The van der Waals surface area contributed by atoms with Gasteiger partial charge >= 0.3 is 6.36 Å². The van der Waals surface area contributed by atoms with Crippen molar-refractivity contribution in [1.82, 2.24) is 0 Å². The number of rotatable bonds is 4. The number of nitriles is 1. The number of allylic oxidation sites excluding steroid dienone is 1. The molecule has 0 aliphatic heterocycles. The highest BCUT2D eigenvalue weighted by molar-refractivity contribution is 7.95. The highest BCUT2D eigenvalue weighted by Gasteiger charge is 2.32. The van der Waals surface area contributed by atoms with Crippen LogP contribution < -0.4 is 4.74 Å². The first-order valence-electron chi connectivity index (χ1n) is 6.51. The Labute approximate surface area is 136 Å². The van der Waals surface area contributed by atoms with Crippen LogP contribution in [0.25, 0.3) is 6.08 Å². The fourth-order valence-electron chi connectivity index (χ4n) is 1.86. The lowest BCUT2D eigenvalue weighted by atomic mass is 10.2. The minimum Gasteiger partial charge on any atom is -0.405 e. The first kappa shape index (κ1) is 17.6. The van der Waals surface area contributed by atoms with Crippen LogP contribution in [0.2, 0.25) is 0 Å². The van der Waals surface area contributed by atoms with E-state index in [0.29, 0.717) is 0 Å². The summed E-state index contributed by atoms with van der Waals surface area (Å²) in [6, 6.07) is 13.6. The van der Waals surface area contributed by atoms with Gasteiger partial charge in [0.15, 0.2) is 0 Å². The van der Waals surface area contributed by atoms with Gasteiger partial charge in [-0.1, -0.05) is 36.4 Å². The van der Waals surface area contributed by atoms with Gasteiger partial charge in [0.25, 0.3) is 0 Å². The van der Waals surface area contributed by atoms with Crippen molar-refractivity contribution in [1.29, 1.82) is 5.26 Å². The summed E-state index contributed by atoms with van der Waals surface area (Å²) in [5.74, 6) is -0.596. The number of halogens is 3. The third-order valence-corrected chi connectivity index (χ3v) is 4.57. The molecule has 0 saturated carbocycles. The number of ether oxygens (including phenoxy) is 1. The van der Waals surface area contributed by atoms with E-state index in [1.807, 2.05) is 0 Å². The molecule has 0 saturated heterocycles. The third-order valence-electron chi connectivity index (χ3n) is 2.88. The van der Waals surface area contributed by atoms with Crippen LogP contribution in [0.15, 0.2) is 64.4 Å². The molecule has 0 aliphatic carbocycles. The predicted molar refractivity (Wildman–Crippen MR) is 80.3 cm³/mol. The molecule has 24 heavy (non-hydrogen) atoms. The lowest BCUT2D eigenvalue weighted by Gasteiger charge is -2.11. The summed E-state index contributed by atoms with van der Waals surface area (Å²) < 4.78 is 65.9. The highest BCUT2D eigenvalue weighted by atomic mass is 32.2. The van der Waals surface area contributed by atoms with E-state index >= 15 is 0 Å². The largest absolute Gasteiger partial charge is 0.573 e. The van der Waals surface area contributed by atoms with E-state index < -0.39 is 26.9 Å². The van der Waals surface area contributed by atoms with Gasteiger partial charge < -0.3 is 4.74 Å². The monoisotopic (exact) mass is 353 g/mol. The van der Waals surface area contributed by atoms with Crippen LogP contribution in [0.4, 0.5) is 13.2 Å². The van der Waals surface area contributed by atoms with Gasteiger partial charge in [-0.2, -0.15) is 5.26 Å². The molecule has 4 nitrogen and oxygen atoms in total. The van der Waals surface area contributed by atoms with Gasteiger partial charge in [0.05, 0.1) is 4.90 Å². The average Bonchev–Trinajstić information content (AvgIpc) is 2.53. The number of hydrogen-bond donors (Lipinski definition) is 0. The van der Waals surface area contributed by atoms with Crippen molar-refractivity contribution < 1.29 is 26.3 Å². The Morgan fingerprint density at radius 2 is 1.62 bits per heavy atom. The molecule has 124 valence electrons. The molecule has 0 N–H and O–H groups in total. The molecule has 0 aliphatic rings. The molecule has 0 radical (unpaired) electrons. The zero-order chi connectivity index (χ0) is 17.8. The molecule has 0 aromatic heterocycles. The Hall–Kier alpha value is -2.79. The maximum atomic E-state index is 12.4. The Morgan fingerprint density at radius 3 is 2.21 bits per heavy atom. The van der Waals surface area contributed by atoms with Gasteiger partial charge in [0.2, 0.25) is 9.84 Å². The molecular weight excluding hydrogens is 343 g/mol. The van der Waals surface area contributed by atoms with Crippen LogP contribution in [0, 0.1) is 11.3 Å². The average molecular weight is 353 g/mol. The Morgan fingerprint density at radius 1 is 1.04 bits per heavy atom. The summed E-state index contributed by atoms with van der Waals surface area (Å²) in [5, 5.41) is 9.15. The zero-order valence-electron chi connectivity index (χ0n) is 12.0. The van der Waals surface area contributed by atoms with Gasteiger partial charge in [-0.05, 0) is 24.3 Å². The van der Waals surface area contributed by atoms with Crippen LogP contribution in [0.5, 0.6) is 5.75 Å². The Kier molecular flexibility index (Phi) is 4.95. The van der Waals surface area contributed by atoms with Crippen molar-refractivity contribution in [2.75, 3.05) is 0 Å². The molecule has 2 rings (SSSR count). The molecule has 0 spiro atoms. The maximum absolute atomic E-state index is 12.4. The number of benzene rings is 2. The van der Waals surface area contributed by atoms with Gasteiger partial charge in [-0.15, -0.1) is 13.2 Å². The van der Waals surface area contributed by atoms with E-state index in [1.165, 1.54) is 48.5 Å². The number of sulfone groups is 1. The molecule has 8 heteroatoms. The Balaban J connectivity index is 2.52.